The Balaban J connectivity index is 1.59. The molecule has 1 N–H and O–H groups in total. The van der Waals surface area contributed by atoms with E-state index in [4.69, 9.17) is 16.3 Å². The molecule has 31 heavy (non-hydrogen) atoms. The summed E-state index contributed by atoms with van der Waals surface area (Å²) in [5.74, 6) is 0.770. The first kappa shape index (κ1) is 21.3. The Kier molecular flexibility index (Phi) is 5.97. The highest BCUT2D eigenvalue weighted by Gasteiger charge is 2.33. The van der Waals surface area contributed by atoms with E-state index < -0.39 is 0 Å². The van der Waals surface area contributed by atoms with Gasteiger partial charge in [-0.3, -0.25) is 14.5 Å². The standard InChI is InChI=1S/C21H25ClN6O3/c1-4-19(30)27-7-8-28(13(2)9-27)20-14-10-26(11-16(14)24-21(25-20)31-3)12-17-15(22)5-6-18(29)23-17/h4-6,13H,1,7-12H2,2-3H3,(H,23,29). The maximum atomic E-state index is 12.0. The molecule has 10 heteroatoms. The van der Waals surface area contributed by atoms with Gasteiger partial charge in [-0.05, 0) is 19.1 Å². The Hall–Kier alpha value is -2.91. The predicted molar refractivity (Wildman–Crippen MR) is 117 cm³/mol. The van der Waals surface area contributed by atoms with Crippen molar-refractivity contribution < 1.29 is 9.53 Å². The van der Waals surface area contributed by atoms with Crippen molar-refractivity contribution in [2.75, 3.05) is 31.6 Å². The Morgan fingerprint density at radius 2 is 2.16 bits per heavy atom. The highest BCUT2D eigenvalue weighted by Crippen LogP contribution is 2.33. The number of carbonyl (C=O) groups is 1. The number of fused-ring (bicyclic) bond motifs is 1. The number of H-pyrrole nitrogens is 1. The van der Waals surface area contributed by atoms with Gasteiger partial charge in [-0.25, -0.2) is 0 Å². The molecule has 0 saturated carbocycles. The second-order valence-electron chi connectivity index (χ2n) is 7.78. The van der Waals surface area contributed by atoms with Crippen LogP contribution in [-0.2, 0) is 24.4 Å². The highest BCUT2D eigenvalue weighted by molar-refractivity contribution is 6.31. The molecule has 1 atom stereocenters. The fourth-order valence-corrected chi connectivity index (χ4v) is 4.33. The van der Waals surface area contributed by atoms with Gasteiger partial charge in [-0.1, -0.05) is 18.2 Å². The van der Waals surface area contributed by atoms with Crippen LogP contribution in [0.5, 0.6) is 6.01 Å². The summed E-state index contributed by atoms with van der Waals surface area (Å²) in [5.41, 5.74) is 2.42. The second-order valence-corrected chi connectivity index (χ2v) is 8.19. The molecule has 1 fully saturated rings. The number of aromatic amines is 1. The largest absolute Gasteiger partial charge is 0.467 e. The first-order valence-electron chi connectivity index (χ1n) is 10.1. The van der Waals surface area contributed by atoms with Crippen LogP contribution in [0.2, 0.25) is 5.02 Å². The number of anilines is 1. The third-order valence-corrected chi connectivity index (χ3v) is 6.05. The van der Waals surface area contributed by atoms with Gasteiger partial charge < -0.3 is 19.5 Å². The predicted octanol–water partition coefficient (Wildman–Crippen LogP) is 1.57. The zero-order valence-corrected chi connectivity index (χ0v) is 18.4. The van der Waals surface area contributed by atoms with Crippen LogP contribution in [0, 0.1) is 0 Å². The van der Waals surface area contributed by atoms with Crippen molar-refractivity contribution in [1.82, 2.24) is 24.8 Å². The third-order valence-electron chi connectivity index (χ3n) is 5.70. The number of piperazine rings is 1. The van der Waals surface area contributed by atoms with E-state index in [0.717, 1.165) is 17.1 Å². The van der Waals surface area contributed by atoms with Crippen molar-refractivity contribution in [1.29, 1.82) is 0 Å². The number of hydrogen-bond donors (Lipinski definition) is 1. The Morgan fingerprint density at radius 3 is 2.87 bits per heavy atom. The van der Waals surface area contributed by atoms with E-state index in [0.29, 0.717) is 56.0 Å². The van der Waals surface area contributed by atoms with E-state index >= 15 is 0 Å². The first-order valence-corrected chi connectivity index (χ1v) is 10.5. The lowest BCUT2D eigenvalue weighted by Gasteiger charge is -2.40. The van der Waals surface area contributed by atoms with Crippen LogP contribution < -0.4 is 15.2 Å². The molecule has 1 amide bonds. The van der Waals surface area contributed by atoms with Gasteiger partial charge >= 0.3 is 6.01 Å². The van der Waals surface area contributed by atoms with Gasteiger partial charge in [0.05, 0.1) is 23.5 Å². The van der Waals surface area contributed by atoms with Crippen molar-refractivity contribution in [3.05, 3.63) is 57.1 Å². The fraction of sp³-hybridized carbons (Fsp3) is 0.429. The number of carbonyl (C=O) groups excluding carboxylic acids is 1. The molecule has 0 aromatic carbocycles. The lowest BCUT2D eigenvalue weighted by molar-refractivity contribution is -0.126. The van der Waals surface area contributed by atoms with E-state index in [1.165, 1.54) is 12.1 Å². The lowest BCUT2D eigenvalue weighted by Crippen LogP contribution is -2.54. The Bertz CT molecular complexity index is 1070. The lowest BCUT2D eigenvalue weighted by atomic mass is 10.1. The topological polar surface area (TPSA) is 94.7 Å². The van der Waals surface area contributed by atoms with Gasteiger partial charge in [0.15, 0.2) is 0 Å². The number of nitrogens with one attached hydrogen (secondary N) is 1. The molecule has 0 radical (unpaired) electrons. The molecule has 1 unspecified atom stereocenters. The second kappa shape index (κ2) is 8.68. The number of methoxy groups -OCH3 is 1. The molecule has 2 aliphatic heterocycles. The van der Waals surface area contributed by atoms with Crippen LogP contribution in [0.25, 0.3) is 0 Å². The molecular formula is C21H25ClN6O3. The third kappa shape index (κ3) is 4.28. The van der Waals surface area contributed by atoms with Crippen molar-refractivity contribution >= 4 is 23.3 Å². The van der Waals surface area contributed by atoms with E-state index in [1.807, 2.05) is 0 Å². The molecule has 0 spiro atoms. The molecule has 1 saturated heterocycles. The van der Waals surface area contributed by atoms with Crippen LogP contribution in [-0.4, -0.2) is 63.4 Å². The minimum atomic E-state index is -0.181. The molecule has 164 valence electrons. The molecule has 0 aliphatic carbocycles. The van der Waals surface area contributed by atoms with E-state index in [9.17, 15) is 9.59 Å². The molecule has 0 bridgehead atoms. The number of hydrogen-bond acceptors (Lipinski definition) is 7. The van der Waals surface area contributed by atoms with Crippen molar-refractivity contribution in [3.63, 3.8) is 0 Å². The summed E-state index contributed by atoms with van der Waals surface area (Å²) in [6.45, 7) is 9.22. The van der Waals surface area contributed by atoms with Crippen LogP contribution >= 0.6 is 11.6 Å². The van der Waals surface area contributed by atoms with E-state index in [2.05, 4.69) is 38.3 Å². The summed E-state index contributed by atoms with van der Waals surface area (Å²) >= 11 is 6.26. The van der Waals surface area contributed by atoms with E-state index in [1.54, 1.807) is 18.1 Å². The van der Waals surface area contributed by atoms with E-state index in [-0.39, 0.29) is 17.5 Å². The Morgan fingerprint density at radius 1 is 1.35 bits per heavy atom. The maximum Gasteiger partial charge on any atom is 0.318 e. The van der Waals surface area contributed by atoms with Gasteiger partial charge in [0.2, 0.25) is 11.5 Å². The summed E-state index contributed by atoms with van der Waals surface area (Å²) < 4.78 is 5.36. The molecule has 9 nitrogen and oxygen atoms in total. The minimum absolute atomic E-state index is 0.0584. The number of pyridine rings is 1. The quantitative estimate of drug-likeness (QED) is 0.699. The minimum Gasteiger partial charge on any atom is -0.467 e. The number of amides is 1. The fourth-order valence-electron chi connectivity index (χ4n) is 4.16. The zero-order valence-electron chi connectivity index (χ0n) is 17.6. The first-order chi connectivity index (χ1) is 14.9. The van der Waals surface area contributed by atoms with Crippen molar-refractivity contribution in [2.45, 2.75) is 32.6 Å². The number of halogens is 1. The van der Waals surface area contributed by atoms with Gasteiger partial charge in [-0.15, -0.1) is 0 Å². The van der Waals surface area contributed by atoms with Crippen molar-refractivity contribution in [3.8, 4) is 6.01 Å². The molecule has 4 heterocycles. The molecule has 4 rings (SSSR count). The Labute approximate surface area is 185 Å². The number of nitrogens with zero attached hydrogens (tertiary/aromatic N) is 5. The van der Waals surface area contributed by atoms with Gasteiger partial charge in [-0.2, -0.15) is 9.97 Å². The average Bonchev–Trinajstić information content (AvgIpc) is 3.17. The highest BCUT2D eigenvalue weighted by atomic mass is 35.5. The molecule has 2 aromatic heterocycles. The molecular weight excluding hydrogens is 420 g/mol. The van der Waals surface area contributed by atoms with Gasteiger partial charge in [0.25, 0.3) is 0 Å². The van der Waals surface area contributed by atoms with Gasteiger partial charge in [0, 0.05) is 56.9 Å². The van der Waals surface area contributed by atoms with Crippen LogP contribution in [0.15, 0.2) is 29.6 Å². The normalized spacial score (nSPS) is 18.7. The summed E-state index contributed by atoms with van der Waals surface area (Å²) in [4.78, 5) is 41.9. The summed E-state index contributed by atoms with van der Waals surface area (Å²) in [6.07, 6.45) is 1.35. The van der Waals surface area contributed by atoms with Crippen LogP contribution in [0.4, 0.5) is 5.82 Å². The molecule has 2 aliphatic rings. The zero-order chi connectivity index (χ0) is 22.1. The van der Waals surface area contributed by atoms with Gasteiger partial charge in [0.1, 0.15) is 5.82 Å². The monoisotopic (exact) mass is 444 g/mol. The average molecular weight is 445 g/mol. The summed E-state index contributed by atoms with van der Waals surface area (Å²) in [6, 6.07) is 3.42. The SMILES string of the molecule is C=CC(=O)N1CCN(c2nc(OC)nc3c2CN(Cc2[nH]c(=O)ccc2Cl)C3)C(C)C1. The summed E-state index contributed by atoms with van der Waals surface area (Å²) in [7, 11) is 1.55. The number of ether oxygens (including phenoxy) is 1. The van der Waals surface area contributed by atoms with Crippen LogP contribution in [0.3, 0.4) is 0 Å². The molecule has 2 aromatic rings. The smallest absolute Gasteiger partial charge is 0.318 e. The number of aromatic nitrogens is 3. The van der Waals surface area contributed by atoms with Crippen molar-refractivity contribution in [2.24, 2.45) is 0 Å². The maximum absolute atomic E-state index is 12.0. The van der Waals surface area contributed by atoms with Crippen LogP contribution in [0.1, 0.15) is 23.9 Å². The summed E-state index contributed by atoms with van der Waals surface area (Å²) in [5, 5.41) is 0.524. The number of rotatable bonds is 5.